The van der Waals surface area contributed by atoms with Crippen molar-refractivity contribution in [2.75, 3.05) is 43.1 Å². The van der Waals surface area contributed by atoms with E-state index in [0.29, 0.717) is 19.5 Å². The number of benzene rings is 2. The standard InChI is InChI=1S/C23H26N4O4/c1-3-10-24-23(28)20-14-16-13-18(27(29)30)6-9-21(16)26-12-11-25(15-22(20)26)17-4-7-19(31-2)8-5-17/h3-9,13,20,22H,1,10-12,14-15H2,2H3,(H,24,28)/t20-,22-/m0/s1. The second kappa shape index (κ2) is 8.67. The third-order valence-corrected chi connectivity index (χ3v) is 6.10. The van der Waals surface area contributed by atoms with Gasteiger partial charge < -0.3 is 19.9 Å². The maximum atomic E-state index is 13.0. The van der Waals surface area contributed by atoms with E-state index in [-0.39, 0.29) is 28.5 Å². The molecule has 1 N–H and O–H groups in total. The molecule has 0 bridgehead atoms. The van der Waals surface area contributed by atoms with Crippen molar-refractivity contribution in [1.29, 1.82) is 0 Å². The number of piperazine rings is 1. The summed E-state index contributed by atoms with van der Waals surface area (Å²) in [6, 6.07) is 12.9. The molecule has 8 heteroatoms. The van der Waals surface area contributed by atoms with E-state index >= 15 is 0 Å². The predicted octanol–water partition coefficient (Wildman–Crippen LogP) is 2.77. The van der Waals surface area contributed by atoms with E-state index in [4.69, 9.17) is 4.74 Å². The summed E-state index contributed by atoms with van der Waals surface area (Å²) in [5.41, 5.74) is 2.97. The zero-order valence-corrected chi connectivity index (χ0v) is 17.5. The molecule has 2 aromatic carbocycles. The van der Waals surface area contributed by atoms with Gasteiger partial charge in [0.05, 0.1) is 24.0 Å². The summed E-state index contributed by atoms with van der Waals surface area (Å²) in [6.07, 6.45) is 2.12. The summed E-state index contributed by atoms with van der Waals surface area (Å²) < 4.78 is 5.26. The Hall–Kier alpha value is -3.55. The van der Waals surface area contributed by atoms with Crippen LogP contribution < -0.4 is 19.9 Å². The third-order valence-electron chi connectivity index (χ3n) is 6.10. The zero-order valence-electron chi connectivity index (χ0n) is 17.5. The van der Waals surface area contributed by atoms with E-state index in [0.717, 1.165) is 35.8 Å². The van der Waals surface area contributed by atoms with Crippen LogP contribution in [0, 0.1) is 16.0 Å². The zero-order chi connectivity index (χ0) is 22.0. The quantitative estimate of drug-likeness (QED) is 0.438. The van der Waals surface area contributed by atoms with Gasteiger partial charge in [0.15, 0.2) is 0 Å². The molecule has 2 atom stereocenters. The molecule has 0 saturated carbocycles. The highest BCUT2D eigenvalue weighted by molar-refractivity contribution is 5.82. The Balaban J connectivity index is 1.65. The monoisotopic (exact) mass is 422 g/mol. The molecule has 4 rings (SSSR count). The van der Waals surface area contributed by atoms with Gasteiger partial charge in [0, 0.05) is 49.7 Å². The summed E-state index contributed by atoms with van der Waals surface area (Å²) in [4.78, 5) is 28.4. The number of nitro groups is 1. The molecule has 2 aliphatic heterocycles. The molecule has 0 aliphatic carbocycles. The van der Waals surface area contributed by atoms with Crippen molar-refractivity contribution in [1.82, 2.24) is 5.32 Å². The average Bonchev–Trinajstić information content (AvgIpc) is 2.81. The predicted molar refractivity (Wildman–Crippen MR) is 120 cm³/mol. The molecule has 2 aromatic rings. The van der Waals surface area contributed by atoms with Crippen molar-refractivity contribution in [3.8, 4) is 5.75 Å². The minimum atomic E-state index is -0.388. The molecule has 1 saturated heterocycles. The summed E-state index contributed by atoms with van der Waals surface area (Å²) in [6.45, 7) is 6.28. The van der Waals surface area contributed by atoms with Crippen molar-refractivity contribution in [2.24, 2.45) is 5.92 Å². The van der Waals surface area contributed by atoms with Gasteiger partial charge in [-0.3, -0.25) is 14.9 Å². The van der Waals surface area contributed by atoms with Crippen molar-refractivity contribution in [2.45, 2.75) is 12.5 Å². The molecule has 0 unspecified atom stereocenters. The smallest absolute Gasteiger partial charge is 0.269 e. The van der Waals surface area contributed by atoms with Crippen LogP contribution in [-0.4, -0.2) is 50.2 Å². The van der Waals surface area contributed by atoms with Crippen molar-refractivity contribution < 1.29 is 14.5 Å². The molecular weight excluding hydrogens is 396 g/mol. The lowest BCUT2D eigenvalue weighted by molar-refractivity contribution is -0.384. The van der Waals surface area contributed by atoms with Crippen molar-refractivity contribution in [3.63, 3.8) is 0 Å². The van der Waals surface area contributed by atoms with Gasteiger partial charge in [0.1, 0.15) is 5.75 Å². The molecule has 1 amide bonds. The fourth-order valence-electron chi connectivity index (χ4n) is 4.55. The van der Waals surface area contributed by atoms with Crippen molar-refractivity contribution in [3.05, 3.63) is 70.8 Å². The first-order chi connectivity index (χ1) is 15.0. The normalized spacial score (nSPS) is 19.8. The maximum absolute atomic E-state index is 13.0. The van der Waals surface area contributed by atoms with Crippen LogP contribution in [0.5, 0.6) is 5.75 Å². The Kier molecular flexibility index (Phi) is 5.79. The fraction of sp³-hybridized carbons (Fsp3) is 0.348. The average molecular weight is 422 g/mol. The number of hydrogen-bond acceptors (Lipinski definition) is 6. The van der Waals surface area contributed by atoms with Gasteiger partial charge in [0.2, 0.25) is 5.91 Å². The number of amides is 1. The first-order valence-electron chi connectivity index (χ1n) is 10.3. The number of carbonyl (C=O) groups is 1. The second-order valence-corrected chi connectivity index (χ2v) is 7.82. The van der Waals surface area contributed by atoms with E-state index < -0.39 is 0 Å². The summed E-state index contributed by atoms with van der Waals surface area (Å²) in [5.74, 6) is 0.441. The summed E-state index contributed by atoms with van der Waals surface area (Å²) in [5, 5.41) is 14.2. The highest BCUT2D eigenvalue weighted by atomic mass is 16.6. The number of anilines is 2. The van der Waals surface area contributed by atoms with Crippen LogP contribution in [0.15, 0.2) is 55.1 Å². The van der Waals surface area contributed by atoms with E-state index in [1.54, 1.807) is 25.3 Å². The summed E-state index contributed by atoms with van der Waals surface area (Å²) >= 11 is 0. The van der Waals surface area contributed by atoms with Crippen LogP contribution in [0.1, 0.15) is 5.56 Å². The topological polar surface area (TPSA) is 87.9 Å². The number of carbonyl (C=O) groups excluding carboxylic acids is 1. The van der Waals surface area contributed by atoms with Gasteiger partial charge >= 0.3 is 0 Å². The number of non-ortho nitro benzene ring substituents is 1. The van der Waals surface area contributed by atoms with E-state index in [9.17, 15) is 14.9 Å². The van der Waals surface area contributed by atoms with Crippen LogP contribution in [0.4, 0.5) is 17.1 Å². The van der Waals surface area contributed by atoms with Crippen LogP contribution in [0.2, 0.25) is 0 Å². The minimum Gasteiger partial charge on any atom is -0.497 e. The first kappa shape index (κ1) is 20.7. The second-order valence-electron chi connectivity index (χ2n) is 7.82. The Morgan fingerprint density at radius 3 is 2.74 bits per heavy atom. The number of nitro benzene ring substituents is 1. The van der Waals surface area contributed by atoms with Crippen LogP contribution >= 0.6 is 0 Å². The number of rotatable bonds is 6. The number of nitrogens with zero attached hydrogens (tertiary/aromatic N) is 3. The lowest BCUT2D eigenvalue weighted by Gasteiger charge is -2.49. The highest BCUT2D eigenvalue weighted by Gasteiger charge is 2.42. The molecule has 0 radical (unpaired) electrons. The number of fused-ring (bicyclic) bond motifs is 3. The van der Waals surface area contributed by atoms with Gasteiger partial charge in [-0.25, -0.2) is 0 Å². The Morgan fingerprint density at radius 2 is 2.06 bits per heavy atom. The van der Waals surface area contributed by atoms with Gasteiger partial charge in [-0.1, -0.05) is 6.08 Å². The Bertz CT molecular complexity index is 992. The summed E-state index contributed by atoms with van der Waals surface area (Å²) in [7, 11) is 1.64. The molecule has 0 aromatic heterocycles. The van der Waals surface area contributed by atoms with Gasteiger partial charge in [-0.05, 0) is 42.3 Å². The van der Waals surface area contributed by atoms with E-state index in [2.05, 4.69) is 21.7 Å². The van der Waals surface area contributed by atoms with Gasteiger partial charge in [0.25, 0.3) is 5.69 Å². The van der Waals surface area contributed by atoms with Gasteiger partial charge in [-0.15, -0.1) is 6.58 Å². The molecule has 2 aliphatic rings. The Morgan fingerprint density at radius 1 is 1.29 bits per heavy atom. The maximum Gasteiger partial charge on any atom is 0.269 e. The molecule has 162 valence electrons. The number of methoxy groups -OCH3 is 1. The van der Waals surface area contributed by atoms with Gasteiger partial charge in [-0.2, -0.15) is 0 Å². The van der Waals surface area contributed by atoms with Crippen LogP contribution in [0.3, 0.4) is 0 Å². The first-order valence-corrected chi connectivity index (χ1v) is 10.3. The SMILES string of the molecule is C=CCNC(=O)[C@H]1Cc2cc([N+](=O)[O-])ccc2N2CCN(c3ccc(OC)cc3)C[C@@H]12. The molecule has 2 heterocycles. The molecular formula is C23H26N4O4. The number of ether oxygens (including phenoxy) is 1. The molecule has 0 spiro atoms. The lowest BCUT2D eigenvalue weighted by atomic mass is 9.83. The minimum absolute atomic E-state index is 0.0328. The lowest BCUT2D eigenvalue weighted by Crippen LogP contribution is -2.61. The third kappa shape index (κ3) is 4.05. The van der Waals surface area contributed by atoms with Crippen molar-refractivity contribution >= 4 is 23.0 Å². The Labute approximate surface area is 181 Å². The largest absolute Gasteiger partial charge is 0.497 e. The van der Waals surface area contributed by atoms with Crippen LogP contribution in [0.25, 0.3) is 0 Å². The molecule has 8 nitrogen and oxygen atoms in total. The number of hydrogen-bond donors (Lipinski definition) is 1. The number of nitrogens with one attached hydrogen (secondary N) is 1. The van der Waals surface area contributed by atoms with E-state index in [1.807, 2.05) is 30.3 Å². The van der Waals surface area contributed by atoms with Crippen LogP contribution in [-0.2, 0) is 11.2 Å². The van der Waals surface area contributed by atoms with E-state index in [1.165, 1.54) is 0 Å². The highest BCUT2D eigenvalue weighted by Crippen LogP contribution is 2.38. The fourth-order valence-corrected chi connectivity index (χ4v) is 4.55. The molecule has 1 fully saturated rings. The molecule has 31 heavy (non-hydrogen) atoms.